The van der Waals surface area contributed by atoms with Gasteiger partial charge in [-0.1, -0.05) is 30.3 Å². The fourth-order valence-corrected chi connectivity index (χ4v) is 3.99. The van der Waals surface area contributed by atoms with Crippen LogP contribution in [-0.4, -0.2) is 80.8 Å². The maximum Gasteiger partial charge on any atom is 0.191 e. The van der Waals surface area contributed by atoms with Gasteiger partial charge in [-0.15, -0.1) is 24.0 Å². The van der Waals surface area contributed by atoms with Crippen LogP contribution in [0.3, 0.4) is 0 Å². The van der Waals surface area contributed by atoms with Crippen LogP contribution in [0.25, 0.3) is 0 Å². The number of nitrogens with one attached hydrogen (secondary N) is 2. The monoisotopic (exact) mass is 515 g/mol. The second-order valence-corrected chi connectivity index (χ2v) is 8.21. The van der Waals surface area contributed by atoms with E-state index in [4.69, 9.17) is 4.74 Å². The van der Waals surface area contributed by atoms with Gasteiger partial charge in [-0.3, -0.25) is 9.89 Å². The van der Waals surface area contributed by atoms with E-state index >= 15 is 0 Å². The topological polar surface area (TPSA) is 52.1 Å². The second kappa shape index (κ2) is 12.7. The van der Waals surface area contributed by atoms with Crippen LogP contribution in [0.5, 0.6) is 0 Å². The quantitative estimate of drug-likeness (QED) is 0.241. The number of halogens is 1. The summed E-state index contributed by atoms with van der Waals surface area (Å²) in [5.74, 6) is 0.879. The molecule has 3 rings (SSSR count). The molecule has 0 aromatic heterocycles. The highest BCUT2D eigenvalue weighted by Gasteiger charge is 2.29. The SMILES string of the molecule is CN=C(NCCCN1CCN(Cc2ccccc2)CC1)NCC1(C)CCCO1.I. The summed E-state index contributed by atoms with van der Waals surface area (Å²) in [6.45, 7) is 11.7. The van der Waals surface area contributed by atoms with E-state index in [2.05, 4.69) is 62.7 Å². The molecule has 1 aromatic rings. The van der Waals surface area contributed by atoms with Gasteiger partial charge in [0.15, 0.2) is 5.96 Å². The average Bonchev–Trinajstić information content (AvgIpc) is 3.16. The number of piperazine rings is 1. The molecule has 1 unspecified atom stereocenters. The number of aliphatic imine (C=N–C) groups is 1. The summed E-state index contributed by atoms with van der Waals surface area (Å²) in [6.07, 6.45) is 3.41. The standard InChI is InChI=1S/C22H37N5O.HI/c1-22(10-6-17-28-22)19-25-21(23-2)24-11-7-12-26-13-15-27(16-14-26)18-20-8-4-3-5-9-20;/h3-5,8-9H,6-7,10-19H2,1-2H3,(H2,23,24,25);1H. The highest BCUT2D eigenvalue weighted by molar-refractivity contribution is 14.0. The van der Waals surface area contributed by atoms with Crippen molar-refractivity contribution in [2.45, 2.75) is 38.3 Å². The van der Waals surface area contributed by atoms with E-state index in [0.29, 0.717) is 0 Å². The number of hydrogen-bond acceptors (Lipinski definition) is 4. The smallest absolute Gasteiger partial charge is 0.191 e. The minimum atomic E-state index is -0.0446. The van der Waals surface area contributed by atoms with Gasteiger partial charge in [-0.05, 0) is 38.3 Å². The lowest BCUT2D eigenvalue weighted by Gasteiger charge is -2.34. The molecule has 1 atom stereocenters. The minimum Gasteiger partial charge on any atom is -0.373 e. The lowest BCUT2D eigenvalue weighted by molar-refractivity contribution is 0.0243. The van der Waals surface area contributed by atoms with E-state index in [1.807, 2.05) is 7.05 Å². The summed E-state index contributed by atoms with van der Waals surface area (Å²) >= 11 is 0. The van der Waals surface area contributed by atoms with E-state index in [1.165, 1.54) is 5.56 Å². The summed E-state index contributed by atoms with van der Waals surface area (Å²) in [5.41, 5.74) is 1.37. The summed E-state index contributed by atoms with van der Waals surface area (Å²) in [7, 11) is 1.83. The van der Waals surface area contributed by atoms with E-state index in [0.717, 1.165) is 84.2 Å². The van der Waals surface area contributed by atoms with Crippen molar-refractivity contribution < 1.29 is 4.74 Å². The predicted octanol–water partition coefficient (Wildman–Crippen LogP) is 2.55. The maximum atomic E-state index is 5.83. The van der Waals surface area contributed by atoms with Crippen LogP contribution < -0.4 is 10.6 Å². The van der Waals surface area contributed by atoms with Crippen molar-refractivity contribution in [2.24, 2.45) is 4.99 Å². The number of ether oxygens (including phenoxy) is 1. The fraction of sp³-hybridized carbons (Fsp3) is 0.682. The molecule has 2 N–H and O–H groups in total. The van der Waals surface area contributed by atoms with Gasteiger partial charge >= 0.3 is 0 Å². The first-order valence-corrected chi connectivity index (χ1v) is 10.7. The van der Waals surface area contributed by atoms with E-state index in [9.17, 15) is 0 Å². The lowest BCUT2D eigenvalue weighted by atomic mass is 10.0. The Morgan fingerprint density at radius 3 is 2.48 bits per heavy atom. The van der Waals surface area contributed by atoms with Crippen LogP contribution in [0.15, 0.2) is 35.3 Å². The van der Waals surface area contributed by atoms with E-state index < -0.39 is 0 Å². The lowest BCUT2D eigenvalue weighted by Crippen LogP contribution is -2.47. The molecule has 0 bridgehead atoms. The van der Waals surface area contributed by atoms with Crippen LogP contribution in [0.1, 0.15) is 31.7 Å². The number of rotatable bonds is 8. The molecule has 2 fully saturated rings. The van der Waals surface area contributed by atoms with Gasteiger partial charge < -0.3 is 20.3 Å². The first-order valence-electron chi connectivity index (χ1n) is 10.7. The molecule has 2 aliphatic rings. The van der Waals surface area contributed by atoms with Crippen molar-refractivity contribution in [3.63, 3.8) is 0 Å². The molecule has 2 heterocycles. The Labute approximate surface area is 193 Å². The normalized spacial score (nSPS) is 23.6. The van der Waals surface area contributed by atoms with Crippen LogP contribution in [0.4, 0.5) is 0 Å². The van der Waals surface area contributed by atoms with Crippen LogP contribution in [0, 0.1) is 0 Å². The van der Waals surface area contributed by atoms with Gasteiger partial charge in [0.2, 0.25) is 0 Å². The molecule has 164 valence electrons. The average molecular weight is 515 g/mol. The molecule has 0 radical (unpaired) electrons. The first kappa shape index (κ1) is 24.4. The first-order chi connectivity index (χ1) is 13.7. The molecule has 7 heteroatoms. The summed E-state index contributed by atoms with van der Waals surface area (Å²) in [5, 5.41) is 6.85. The van der Waals surface area contributed by atoms with Crippen molar-refractivity contribution in [3.05, 3.63) is 35.9 Å². The largest absolute Gasteiger partial charge is 0.373 e. The third-order valence-corrected chi connectivity index (χ3v) is 5.81. The number of benzene rings is 1. The summed E-state index contributed by atoms with van der Waals surface area (Å²) in [4.78, 5) is 9.47. The molecule has 0 spiro atoms. The molecule has 0 amide bonds. The summed E-state index contributed by atoms with van der Waals surface area (Å²) in [6, 6.07) is 10.8. The van der Waals surface area contributed by atoms with Gasteiger partial charge in [-0.2, -0.15) is 0 Å². The predicted molar refractivity (Wildman–Crippen MR) is 131 cm³/mol. The molecule has 0 aliphatic carbocycles. The van der Waals surface area contributed by atoms with E-state index in [-0.39, 0.29) is 29.6 Å². The zero-order valence-corrected chi connectivity index (χ0v) is 20.4. The Morgan fingerprint density at radius 2 is 1.83 bits per heavy atom. The van der Waals surface area contributed by atoms with Gasteiger partial charge in [0, 0.05) is 59.5 Å². The third kappa shape index (κ3) is 8.39. The molecule has 1 aromatic carbocycles. The number of guanidine groups is 1. The summed E-state index contributed by atoms with van der Waals surface area (Å²) < 4.78 is 5.83. The van der Waals surface area contributed by atoms with Crippen LogP contribution in [0.2, 0.25) is 0 Å². The highest BCUT2D eigenvalue weighted by Crippen LogP contribution is 2.23. The van der Waals surface area contributed by atoms with Gasteiger partial charge in [0.1, 0.15) is 0 Å². The third-order valence-electron chi connectivity index (χ3n) is 5.81. The molecule has 0 saturated carbocycles. The zero-order valence-electron chi connectivity index (χ0n) is 18.0. The van der Waals surface area contributed by atoms with Crippen molar-refractivity contribution in [1.29, 1.82) is 0 Å². The second-order valence-electron chi connectivity index (χ2n) is 8.21. The molecule has 2 saturated heterocycles. The zero-order chi connectivity index (χ0) is 19.7. The molecule has 6 nitrogen and oxygen atoms in total. The Kier molecular flexibility index (Phi) is 10.7. The number of nitrogens with zero attached hydrogens (tertiary/aromatic N) is 3. The Morgan fingerprint density at radius 1 is 1.10 bits per heavy atom. The molecule has 29 heavy (non-hydrogen) atoms. The van der Waals surface area contributed by atoms with Gasteiger partial charge in [0.05, 0.1) is 5.60 Å². The Balaban J connectivity index is 0.00000300. The van der Waals surface area contributed by atoms with Crippen molar-refractivity contribution in [1.82, 2.24) is 20.4 Å². The van der Waals surface area contributed by atoms with E-state index in [1.54, 1.807) is 0 Å². The van der Waals surface area contributed by atoms with Gasteiger partial charge in [0.25, 0.3) is 0 Å². The Hall–Kier alpha value is -0.900. The molecular formula is C22H38IN5O. The van der Waals surface area contributed by atoms with Crippen molar-refractivity contribution in [2.75, 3.05) is 59.5 Å². The maximum absolute atomic E-state index is 5.83. The van der Waals surface area contributed by atoms with Crippen molar-refractivity contribution in [3.8, 4) is 0 Å². The van der Waals surface area contributed by atoms with Gasteiger partial charge in [-0.25, -0.2) is 0 Å². The number of hydrogen-bond donors (Lipinski definition) is 2. The minimum absolute atomic E-state index is 0. The highest BCUT2D eigenvalue weighted by atomic mass is 127. The molecule has 2 aliphatic heterocycles. The van der Waals surface area contributed by atoms with Crippen LogP contribution >= 0.6 is 24.0 Å². The Bertz CT molecular complexity index is 598. The van der Waals surface area contributed by atoms with Crippen LogP contribution in [-0.2, 0) is 11.3 Å². The van der Waals surface area contributed by atoms with Crippen molar-refractivity contribution >= 4 is 29.9 Å². The fourth-order valence-electron chi connectivity index (χ4n) is 3.99. The molecular weight excluding hydrogens is 477 g/mol.